The molecule has 2 aliphatic rings. The molecule has 3 aromatic rings. The summed E-state index contributed by atoms with van der Waals surface area (Å²) in [5.41, 5.74) is 6.39. The molecule has 0 radical (unpaired) electrons. The molecule has 0 amide bonds. The second-order valence-electron chi connectivity index (χ2n) is 9.45. The molecular formula is C26H28BNO2S. The van der Waals surface area contributed by atoms with Crippen LogP contribution in [0.2, 0.25) is 0 Å². The molecule has 0 saturated carbocycles. The van der Waals surface area contributed by atoms with Crippen molar-refractivity contribution < 1.29 is 9.31 Å². The molecule has 0 unspecified atom stereocenters. The molecule has 0 aromatic heterocycles. The van der Waals surface area contributed by atoms with Gasteiger partial charge in [0.2, 0.25) is 0 Å². The predicted molar refractivity (Wildman–Crippen MR) is 130 cm³/mol. The van der Waals surface area contributed by atoms with Gasteiger partial charge in [-0.2, -0.15) is 0 Å². The lowest BCUT2D eigenvalue weighted by molar-refractivity contribution is 0.00578. The Bertz CT molecular complexity index is 1090. The first kappa shape index (κ1) is 20.7. The third-order valence-electron chi connectivity index (χ3n) is 6.76. The number of rotatable bonds is 2. The van der Waals surface area contributed by atoms with Gasteiger partial charge in [-0.1, -0.05) is 36.0 Å². The number of hydrogen-bond acceptors (Lipinski definition) is 4. The molecule has 1 saturated heterocycles. The van der Waals surface area contributed by atoms with Crippen molar-refractivity contribution in [1.29, 1.82) is 0 Å². The Labute approximate surface area is 189 Å². The zero-order valence-corrected chi connectivity index (χ0v) is 19.8. The molecule has 5 rings (SSSR count). The quantitative estimate of drug-likeness (QED) is 0.338. The van der Waals surface area contributed by atoms with Crippen LogP contribution in [-0.4, -0.2) is 18.3 Å². The average molecular weight is 429 g/mol. The molecule has 0 aliphatic carbocycles. The first-order chi connectivity index (χ1) is 14.7. The van der Waals surface area contributed by atoms with E-state index in [1.165, 1.54) is 32.3 Å². The Morgan fingerprint density at radius 2 is 1.19 bits per heavy atom. The van der Waals surface area contributed by atoms with Crippen molar-refractivity contribution in [2.45, 2.75) is 62.5 Å². The molecule has 2 aliphatic heterocycles. The second-order valence-corrected chi connectivity index (χ2v) is 10.5. The summed E-state index contributed by atoms with van der Waals surface area (Å²) in [7, 11) is -0.351. The number of anilines is 3. The molecule has 1 fully saturated rings. The highest BCUT2D eigenvalue weighted by molar-refractivity contribution is 7.99. The summed E-state index contributed by atoms with van der Waals surface area (Å²) in [5, 5.41) is 0. The molecule has 0 spiro atoms. The molecule has 5 heteroatoms. The zero-order valence-electron chi connectivity index (χ0n) is 19.0. The molecule has 31 heavy (non-hydrogen) atoms. The van der Waals surface area contributed by atoms with Crippen molar-refractivity contribution in [1.82, 2.24) is 0 Å². The number of hydrogen-bond donors (Lipinski definition) is 0. The fraction of sp³-hybridized carbons (Fsp3) is 0.308. The van der Waals surface area contributed by atoms with Crippen LogP contribution in [0.5, 0.6) is 0 Å². The number of fused-ring (bicyclic) bond motifs is 2. The van der Waals surface area contributed by atoms with Crippen LogP contribution in [0.25, 0.3) is 0 Å². The van der Waals surface area contributed by atoms with E-state index in [1.807, 2.05) is 11.8 Å². The fourth-order valence-corrected chi connectivity index (χ4v) is 5.45. The van der Waals surface area contributed by atoms with Gasteiger partial charge < -0.3 is 14.2 Å². The van der Waals surface area contributed by atoms with E-state index >= 15 is 0 Å². The lowest BCUT2D eigenvalue weighted by atomic mass is 9.73. The van der Waals surface area contributed by atoms with Gasteiger partial charge >= 0.3 is 7.12 Å². The van der Waals surface area contributed by atoms with Crippen LogP contribution in [0.15, 0.2) is 70.5 Å². The fourth-order valence-electron chi connectivity index (χ4n) is 4.40. The standard InChI is InChI=1S/C26H28BNO2S/c1-17-15-19(16-18(2)24(17)27-29-25(3,4)26(5,6)30-27)28-20-11-7-9-13-22(20)31-23-14-10-8-12-21(23)28/h7-16H,1-6H3. The van der Waals surface area contributed by atoms with E-state index in [1.54, 1.807) is 0 Å². The van der Waals surface area contributed by atoms with Crippen molar-refractivity contribution in [2.24, 2.45) is 0 Å². The zero-order chi connectivity index (χ0) is 22.0. The van der Waals surface area contributed by atoms with E-state index in [4.69, 9.17) is 9.31 Å². The minimum Gasteiger partial charge on any atom is -0.399 e. The smallest absolute Gasteiger partial charge is 0.399 e. The molecule has 2 heterocycles. The van der Waals surface area contributed by atoms with Crippen LogP contribution in [0, 0.1) is 13.8 Å². The molecule has 158 valence electrons. The number of para-hydroxylation sites is 2. The van der Waals surface area contributed by atoms with E-state index in [0.717, 1.165) is 11.2 Å². The van der Waals surface area contributed by atoms with Gasteiger partial charge in [0.25, 0.3) is 0 Å². The maximum Gasteiger partial charge on any atom is 0.495 e. The van der Waals surface area contributed by atoms with Gasteiger partial charge in [-0.15, -0.1) is 0 Å². The Hall–Kier alpha value is -2.21. The summed E-state index contributed by atoms with van der Waals surface area (Å²) in [6.45, 7) is 12.7. The van der Waals surface area contributed by atoms with Gasteiger partial charge in [-0.25, -0.2) is 0 Å². The highest BCUT2D eigenvalue weighted by Gasteiger charge is 2.52. The van der Waals surface area contributed by atoms with Gasteiger partial charge in [0.05, 0.1) is 22.6 Å². The first-order valence-electron chi connectivity index (χ1n) is 10.8. The van der Waals surface area contributed by atoms with Crippen LogP contribution in [0.4, 0.5) is 17.1 Å². The average Bonchev–Trinajstić information content (AvgIpc) is 2.92. The summed E-state index contributed by atoms with van der Waals surface area (Å²) in [6, 6.07) is 21.7. The summed E-state index contributed by atoms with van der Waals surface area (Å²) >= 11 is 1.83. The van der Waals surface area contributed by atoms with Crippen molar-refractivity contribution in [3.05, 3.63) is 71.8 Å². The Morgan fingerprint density at radius 1 is 0.742 bits per heavy atom. The van der Waals surface area contributed by atoms with Gasteiger partial charge in [-0.05, 0) is 94.5 Å². The van der Waals surface area contributed by atoms with Crippen LogP contribution in [0.3, 0.4) is 0 Å². The topological polar surface area (TPSA) is 21.7 Å². The lowest BCUT2D eigenvalue weighted by Gasteiger charge is -2.33. The van der Waals surface area contributed by atoms with Crippen molar-refractivity contribution >= 4 is 41.4 Å². The summed E-state index contributed by atoms with van der Waals surface area (Å²) in [6.07, 6.45) is 0. The molecular weight excluding hydrogens is 401 g/mol. The molecule has 0 bridgehead atoms. The van der Waals surface area contributed by atoms with Crippen LogP contribution >= 0.6 is 11.8 Å². The number of aryl methyl sites for hydroxylation is 2. The monoisotopic (exact) mass is 429 g/mol. The number of nitrogens with zero attached hydrogens (tertiary/aromatic N) is 1. The van der Waals surface area contributed by atoms with E-state index in [0.29, 0.717) is 0 Å². The predicted octanol–water partition coefficient (Wildman–Crippen LogP) is 6.54. The molecule has 0 atom stereocenters. The van der Waals surface area contributed by atoms with Gasteiger partial charge in [0.15, 0.2) is 0 Å². The minimum absolute atomic E-state index is 0.350. The van der Waals surface area contributed by atoms with Gasteiger partial charge in [-0.3, -0.25) is 0 Å². The van der Waals surface area contributed by atoms with Gasteiger partial charge in [0.1, 0.15) is 0 Å². The second kappa shape index (κ2) is 7.16. The summed E-state index contributed by atoms with van der Waals surface area (Å²) < 4.78 is 12.7. The highest BCUT2D eigenvalue weighted by atomic mass is 32.2. The first-order valence-corrected chi connectivity index (χ1v) is 11.6. The van der Waals surface area contributed by atoms with Crippen molar-refractivity contribution in [2.75, 3.05) is 4.90 Å². The van der Waals surface area contributed by atoms with E-state index in [2.05, 4.69) is 107 Å². The molecule has 3 nitrogen and oxygen atoms in total. The lowest BCUT2D eigenvalue weighted by Crippen LogP contribution is -2.41. The maximum absolute atomic E-state index is 6.37. The van der Waals surface area contributed by atoms with Crippen LogP contribution in [0.1, 0.15) is 38.8 Å². The summed E-state index contributed by atoms with van der Waals surface area (Å²) in [5.74, 6) is 0. The van der Waals surface area contributed by atoms with E-state index in [-0.39, 0.29) is 18.3 Å². The normalized spacial score (nSPS) is 18.6. The Morgan fingerprint density at radius 3 is 1.68 bits per heavy atom. The third-order valence-corrected chi connectivity index (χ3v) is 7.89. The van der Waals surface area contributed by atoms with Crippen LogP contribution in [-0.2, 0) is 9.31 Å². The maximum atomic E-state index is 6.37. The SMILES string of the molecule is Cc1cc(N2c3ccccc3Sc3ccccc32)cc(C)c1B1OC(C)(C)C(C)(C)O1. The Kier molecular flexibility index (Phi) is 4.78. The minimum atomic E-state index is -0.351. The van der Waals surface area contributed by atoms with Crippen LogP contribution < -0.4 is 10.4 Å². The molecule has 3 aromatic carbocycles. The van der Waals surface area contributed by atoms with E-state index < -0.39 is 0 Å². The highest BCUT2D eigenvalue weighted by Crippen LogP contribution is 2.51. The van der Waals surface area contributed by atoms with Crippen molar-refractivity contribution in [3.63, 3.8) is 0 Å². The third kappa shape index (κ3) is 3.31. The molecule has 0 N–H and O–H groups in total. The van der Waals surface area contributed by atoms with Gasteiger partial charge in [0, 0.05) is 15.5 Å². The van der Waals surface area contributed by atoms with Crippen molar-refractivity contribution in [3.8, 4) is 0 Å². The largest absolute Gasteiger partial charge is 0.495 e. The Balaban J connectivity index is 1.61. The number of benzene rings is 3. The summed E-state index contributed by atoms with van der Waals surface area (Å²) in [4.78, 5) is 4.91. The van der Waals surface area contributed by atoms with E-state index in [9.17, 15) is 0 Å².